The normalized spacial score (nSPS) is 23.8. The molecule has 1 saturated heterocycles. The van der Waals surface area contributed by atoms with Crippen molar-refractivity contribution in [3.63, 3.8) is 0 Å². The highest BCUT2D eigenvalue weighted by molar-refractivity contribution is 5.84. The van der Waals surface area contributed by atoms with E-state index in [1.807, 2.05) is 35.2 Å². The number of amides is 1. The molecule has 126 valence electrons. The lowest BCUT2D eigenvalue weighted by Crippen LogP contribution is -2.46. The van der Waals surface area contributed by atoms with Crippen molar-refractivity contribution in [1.82, 2.24) is 4.90 Å². The van der Waals surface area contributed by atoms with Gasteiger partial charge in [0.1, 0.15) is 5.75 Å². The molecule has 0 aromatic heterocycles. The highest BCUT2D eigenvalue weighted by atomic mass is 16.5. The molecule has 2 fully saturated rings. The number of hydrogen-bond acceptors (Lipinski definition) is 2. The van der Waals surface area contributed by atoms with E-state index in [1.54, 1.807) is 0 Å². The molecule has 0 spiro atoms. The van der Waals surface area contributed by atoms with Gasteiger partial charge in [-0.05, 0) is 47.6 Å². The van der Waals surface area contributed by atoms with E-state index in [1.165, 1.54) is 37.5 Å². The molecular weight excluding hydrogens is 298 g/mol. The van der Waals surface area contributed by atoms with Crippen LogP contribution in [-0.2, 0) is 4.79 Å². The van der Waals surface area contributed by atoms with E-state index in [0.717, 1.165) is 36.1 Å². The van der Waals surface area contributed by atoms with Crippen LogP contribution in [0.3, 0.4) is 0 Å². The summed E-state index contributed by atoms with van der Waals surface area (Å²) in [6.45, 7) is 1.99. The fourth-order valence-electron chi connectivity index (χ4n) is 4.32. The number of benzene rings is 2. The molecule has 1 aliphatic heterocycles. The Morgan fingerprint density at radius 2 is 1.79 bits per heavy atom. The van der Waals surface area contributed by atoms with Crippen LogP contribution < -0.4 is 4.74 Å². The molecule has 2 atom stereocenters. The average Bonchev–Trinajstić information content (AvgIpc) is 2.65. The third-order valence-corrected chi connectivity index (χ3v) is 5.73. The van der Waals surface area contributed by atoms with Crippen molar-refractivity contribution in [2.24, 2.45) is 11.8 Å². The van der Waals surface area contributed by atoms with E-state index in [-0.39, 0.29) is 12.5 Å². The van der Waals surface area contributed by atoms with Crippen LogP contribution in [0.25, 0.3) is 10.8 Å². The molecule has 24 heavy (non-hydrogen) atoms. The maximum absolute atomic E-state index is 12.5. The number of fused-ring (bicyclic) bond motifs is 2. The standard InChI is InChI=1S/C21H25NO2/c23-21(22-12-11-17-6-2-4-8-19(17)14-22)15-24-20-10-9-16-5-1-3-7-18(16)13-20/h1,3,5,7,9-10,13,17,19H,2,4,6,8,11-12,14-15H2/t17-,19-/m1/s1. The molecule has 1 heterocycles. The second kappa shape index (κ2) is 6.84. The third kappa shape index (κ3) is 3.26. The second-order valence-electron chi connectivity index (χ2n) is 7.23. The minimum atomic E-state index is 0.132. The average molecular weight is 323 g/mol. The van der Waals surface area contributed by atoms with Gasteiger partial charge >= 0.3 is 0 Å². The van der Waals surface area contributed by atoms with Gasteiger partial charge in [-0.25, -0.2) is 0 Å². The first-order valence-corrected chi connectivity index (χ1v) is 9.19. The van der Waals surface area contributed by atoms with Crippen LogP contribution in [0.1, 0.15) is 32.1 Å². The first-order valence-electron chi connectivity index (χ1n) is 9.19. The van der Waals surface area contributed by atoms with E-state index in [0.29, 0.717) is 0 Å². The Kier molecular flexibility index (Phi) is 4.42. The Balaban J connectivity index is 1.35. The SMILES string of the molecule is O=C(COc1ccc2ccccc2c1)N1CC[C@H]2CCCC[C@@H]2C1. The van der Waals surface area contributed by atoms with Gasteiger partial charge in [0.2, 0.25) is 0 Å². The summed E-state index contributed by atoms with van der Waals surface area (Å²) < 4.78 is 5.77. The summed E-state index contributed by atoms with van der Waals surface area (Å²) >= 11 is 0. The van der Waals surface area contributed by atoms with E-state index < -0.39 is 0 Å². The van der Waals surface area contributed by atoms with Gasteiger partial charge in [0, 0.05) is 13.1 Å². The van der Waals surface area contributed by atoms with Crippen LogP contribution in [0.5, 0.6) is 5.75 Å². The predicted molar refractivity (Wildman–Crippen MR) is 96.1 cm³/mol. The summed E-state index contributed by atoms with van der Waals surface area (Å²) in [6.07, 6.45) is 6.53. The van der Waals surface area contributed by atoms with Gasteiger partial charge in [0.05, 0.1) is 0 Å². The number of rotatable bonds is 3. The summed E-state index contributed by atoms with van der Waals surface area (Å²) in [5.41, 5.74) is 0. The third-order valence-electron chi connectivity index (χ3n) is 5.73. The smallest absolute Gasteiger partial charge is 0.260 e. The zero-order chi connectivity index (χ0) is 16.4. The monoisotopic (exact) mass is 323 g/mol. The molecule has 1 aliphatic carbocycles. The molecule has 0 unspecified atom stereocenters. The fraction of sp³-hybridized carbons (Fsp3) is 0.476. The number of carbonyl (C=O) groups excluding carboxylic acids is 1. The van der Waals surface area contributed by atoms with Gasteiger partial charge in [-0.2, -0.15) is 0 Å². The Bertz CT molecular complexity index is 727. The topological polar surface area (TPSA) is 29.5 Å². The maximum atomic E-state index is 12.5. The van der Waals surface area contributed by atoms with Crippen molar-refractivity contribution in [1.29, 1.82) is 0 Å². The lowest BCUT2D eigenvalue weighted by Gasteiger charge is -2.41. The molecule has 0 N–H and O–H groups in total. The fourth-order valence-corrected chi connectivity index (χ4v) is 4.32. The van der Waals surface area contributed by atoms with E-state index in [4.69, 9.17) is 4.74 Å². The Hall–Kier alpha value is -2.03. The first-order chi connectivity index (χ1) is 11.8. The number of piperidine rings is 1. The number of likely N-dealkylation sites (tertiary alicyclic amines) is 1. The predicted octanol–water partition coefficient (Wildman–Crippen LogP) is 4.26. The summed E-state index contributed by atoms with van der Waals surface area (Å²) in [7, 11) is 0. The molecule has 1 saturated carbocycles. The van der Waals surface area contributed by atoms with Crippen molar-refractivity contribution >= 4 is 16.7 Å². The van der Waals surface area contributed by atoms with Gasteiger partial charge in [-0.1, -0.05) is 49.6 Å². The van der Waals surface area contributed by atoms with E-state index in [2.05, 4.69) is 12.1 Å². The van der Waals surface area contributed by atoms with Crippen LogP contribution in [0.4, 0.5) is 0 Å². The minimum Gasteiger partial charge on any atom is -0.484 e. The van der Waals surface area contributed by atoms with Crippen LogP contribution in [0.15, 0.2) is 42.5 Å². The lowest BCUT2D eigenvalue weighted by atomic mass is 9.75. The van der Waals surface area contributed by atoms with Crippen molar-refractivity contribution in [2.75, 3.05) is 19.7 Å². The van der Waals surface area contributed by atoms with Crippen LogP contribution in [-0.4, -0.2) is 30.5 Å². The highest BCUT2D eigenvalue weighted by Gasteiger charge is 2.32. The lowest BCUT2D eigenvalue weighted by molar-refractivity contribution is -0.136. The first kappa shape index (κ1) is 15.5. The summed E-state index contributed by atoms with van der Waals surface area (Å²) in [6, 6.07) is 14.2. The quantitative estimate of drug-likeness (QED) is 0.845. The van der Waals surface area contributed by atoms with Gasteiger partial charge in [0.25, 0.3) is 5.91 Å². The Morgan fingerprint density at radius 1 is 1.00 bits per heavy atom. The summed E-state index contributed by atoms with van der Waals surface area (Å²) in [4.78, 5) is 14.5. The number of hydrogen-bond donors (Lipinski definition) is 0. The molecule has 3 heteroatoms. The zero-order valence-electron chi connectivity index (χ0n) is 14.1. The zero-order valence-corrected chi connectivity index (χ0v) is 14.1. The minimum absolute atomic E-state index is 0.132. The van der Waals surface area contributed by atoms with Gasteiger partial charge in [0.15, 0.2) is 6.61 Å². The molecule has 0 bridgehead atoms. The highest BCUT2D eigenvalue weighted by Crippen LogP contribution is 2.36. The Morgan fingerprint density at radius 3 is 2.67 bits per heavy atom. The molecule has 3 nitrogen and oxygen atoms in total. The number of carbonyl (C=O) groups is 1. The number of ether oxygens (including phenoxy) is 1. The van der Waals surface area contributed by atoms with Crippen LogP contribution in [0, 0.1) is 11.8 Å². The Labute approximate surface area is 143 Å². The molecular formula is C21H25NO2. The maximum Gasteiger partial charge on any atom is 0.260 e. The number of nitrogens with zero attached hydrogens (tertiary/aromatic N) is 1. The second-order valence-corrected chi connectivity index (χ2v) is 7.23. The van der Waals surface area contributed by atoms with Crippen molar-refractivity contribution < 1.29 is 9.53 Å². The molecule has 0 radical (unpaired) electrons. The largest absolute Gasteiger partial charge is 0.484 e. The van der Waals surface area contributed by atoms with Crippen molar-refractivity contribution in [3.05, 3.63) is 42.5 Å². The molecule has 2 aromatic carbocycles. The molecule has 2 aromatic rings. The van der Waals surface area contributed by atoms with E-state index >= 15 is 0 Å². The summed E-state index contributed by atoms with van der Waals surface area (Å²) in [5, 5.41) is 2.33. The molecule has 2 aliphatic rings. The van der Waals surface area contributed by atoms with Gasteiger partial charge in [-0.15, -0.1) is 0 Å². The van der Waals surface area contributed by atoms with E-state index in [9.17, 15) is 4.79 Å². The van der Waals surface area contributed by atoms with Crippen molar-refractivity contribution in [3.8, 4) is 5.75 Å². The molecule has 4 rings (SSSR count). The van der Waals surface area contributed by atoms with Crippen LogP contribution >= 0.6 is 0 Å². The summed E-state index contributed by atoms with van der Waals surface area (Å²) in [5.74, 6) is 2.48. The molecule has 1 amide bonds. The van der Waals surface area contributed by atoms with Crippen molar-refractivity contribution in [2.45, 2.75) is 32.1 Å². The van der Waals surface area contributed by atoms with Crippen LogP contribution in [0.2, 0.25) is 0 Å². The van der Waals surface area contributed by atoms with Gasteiger partial charge in [-0.3, -0.25) is 4.79 Å². The van der Waals surface area contributed by atoms with Gasteiger partial charge < -0.3 is 9.64 Å².